The Bertz CT molecular complexity index is 199. The van der Waals surface area contributed by atoms with Crippen molar-refractivity contribution in [1.82, 2.24) is 0 Å². The Balaban J connectivity index is 2.20. The average molecular weight is 213 g/mol. The summed E-state index contributed by atoms with van der Waals surface area (Å²) in [6.07, 6.45) is 8.58. The number of thioether (sulfide) groups is 1. The lowest BCUT2D eigenvalue weighted by atomic mass is 9.90. The lowest BCUT2D eigenvalue weighted by molar-refractivity contribution is 0.369. The third kappa shape index (κ3) is 5.69. The van der Waals surface area contributed by atoms with Gasteiger partial charge < -0.3 is 0 Å². The smallest absolute Gasteiger partial charge is 0.0676 e. The fraction of sp³-hybridized carbons (Fsp3) is 0.917. The summed E-state index contributed by atoms with van der Waals surface area (Å²) in [5, 5.41) is 1.37. The standard InChI is InChI=1S/C12H23NS/c1-12(2,3)9-5-6-11(14-4)13-10-7-8-10/h10H,5-9H2,1-4H3. The van der Waals surface area contributed by atoms with E-state index in [9.17, 15) is 0 Å². The highest BCUT2D eigenvalue weighted by Crippen LogP contribution is 2.27. The van der Waals surface area contributed by atoms with E-state index in [4.69, 9.17) is 4.99 Å². The molecule has 1 nitrogen and oxygen atoms in total. The van der Waals surface area contributed by atoms with E-state index in [1.807, 2.05) is 11.8 Å². The lowest BCUT2D eigenvalue weighted by Crippen LogP contribution is -2.05. The zero-order valence-electron chi connectivity index (χ0n) is 9.97. The molecule has 2 heteroatoms. The van der Waals surface area contributed by atoms with E-state index in [1.54, 1.807) is 0 Å². The predicted octanol–water partition coefficient (Wildman–Crippen LogP) is 4.13. The van der Waals surface area contributed by atoms with Gasteiger partial charge in [0, 0.05) is 0 Å². The van der Waals surface area contributed by atoms with Crippen molar-refractivity contribution in [3.8, 4) is 0 Å². The molecule has 0 spiro atoms. The summed E-state index contributed by atoms with van der Waals surface area (Å²) in [6, 6.07) is 0.687. The zero-order chi connectivity index (χ0) is 10.6. The third-order valence-electron chi connectivity index (χ3n) is 2.43. The highest BCUT2D eigenvalue weighted by molar-refractivity contribution is 8.13. The van der Waals surface area contributed by atoms with Crippen LogP contribution in [-0.4, -0.2) is 17.3 Å². The topological polar surface area (TPSA) is 12.4 Å². The fourth-order valence-corrected chi connectivity index (χ4v) is 2.00. The molecule has 0 aromatic rings. The minimum atomic E-state index is 0.475. The molecule has 0 N–H and O–H groups in total. The summed E-state index contributed by atoms with van der Waals surface area (Å²) in [4.78, 5) is 4.71. The number of aliphatic imine (C=N–C) groups is 1. The van der Waals surface area contributed by atoms with Gasteiger partial charge in [-0.25, -0.2) is 0 Å². The van der Waals surface area contributed by atoms with E-state index in [2.05, 4.69) is 27.0 Å². The fourth-order valence-electron chi connectivity index (χ4n) is 1.40. The predicted molar refractivity (Wildman–Crippen MR) is 67.3 cm³/mol. The molecule has 1 fully saturated rings. The van der Waals surface area contributed by atoms with Gasteiger partial charge in [0.2, 0.25) is 0 Å². The maximum Gasteiger partial charge on any atom is 0.0676 e. The first-order valence-corrected chi connectivity index (χ1v) is 6.84. The van der Waals surface area contributed by atoms with Crippen LogP contribution in [-0.2, 0) is 0 Å². The van der Waals surface area contributed by atoms with Gasteiger partial charge in [-0.1, -0.05) is 20.8 Å². The molecule has 0 aliphatic heterocycles. The summed E-state index contributed by atoms with van der Waals surface area (Å²) in [7, 11) is 0. The van der Waals surface area contributed by atoms with Gasteiger partial charge in [-0.15, -0.1) is 11.8 Å². The monoisotopic (exact) mass is 213 g/mol. The second-order valence-electron chi connectivity index (χ2n) is 5.37. The third-order valence-corrected chi connectivity index (χ3v) is 3.21. The molecule has 0 bridgehead atoms. The van der Waals surface area contributed by atoms with Crippen molar-refractivity contribution in [2.45, 2.75) is 58.9 Å². The van der Waals surface area contributed by atoms with Crippen LogP contribution in [0.5, 0.6) is 0 Å². The maximum absolute atomic E-state index is 4.71. The second-order valence-corrected chi connectivity index (χ2v) is 6.25. The minimum absolute atomic E-state index is 0.475. The Morgan fingerprint density at radius 3 is 2.43 bits per heavy atom. The Labute approximate surface area is 92.8 Å². The summed E-state index contributed by atoms with van der Waals surface area (Å²) in [6.45, 7) is 6.93. The molecule has 1 aliphatic carbocycles. The summed E-state index contributed by atoms with van der Waals surface area (Å²) in [5.74, 6) is 0. The van der Waals surface area contributed by atoms with Crippen LogP contribution in [0.2, 0.25) is 0 Å². The van der Waals surface area contributed by atoms with E-state index in [1.165, 1.54) is 37.1 Å². The summed E-state index contributed by atoms with van der Waals surface area (Å²) >= 11 is 1.84. The lowest BCUT2D eigenvalue weighted by Gasteiger charge is -2.17. The van der Waals surface area contributed by atoms with Gasteiger partial charge >= 0.3 is 0 Å². The van der Waals surface area contributed by atoms with Crippen molar-refractivity contribution in [3.63, 3.8) is 0 Å². The van der Waals surface area contributed by atoms with E-state index in [-0.39, 0.29) is 0 Å². The van der Waals surface area contributed by atoms with Crippen LogP contribution in [0.3, 0.4) is 0 Å². The molecule has 1 saturated carbocycles. The van der Waals surface area contributed by atoms with Crippen LogP contribution < -0.4 is 0 Å². The van der Waals surface area contributed by atoms with Gasteiger partial charge in [-0.05, 0) is 43.8 Å². The van der Waals surface area contributed by atoms with Gasteiger partial charge in [0.15, 0.2) is 0 Å². The molecule has 0 heterocycles. The molecule has 82 valence electrons. The molecule has 1 rings (SSSR count). The van der Waals surface area contributed by atoms with Crippen molar-refractivity contribution in [2.75, 3.05) is 6.26 Å². The number of hydrogen-bond acceptors (Lipinski definition) is 2. The van der Waals surface area contributed by atoms with Crippen LogP contribution in [0.15, 0.2) is 4.99 Å². The maximum atomic E-state index is 4.71. The highest BCUT2D eigenvalue weighted by Gasteiger charge is 2.20. The second kappa shape index (κ2) is 5.20. The molecule has 0 atom stereocenters. The van der Waals surface area contributed by atoms with Crippen molar-refractivity contribution in [3.05, 3.63) is 0 Å². The van der Waals surface area contributed by atoms with Crippen LogP contribution in [0.4, 0.5) is 0 Å². The summed E-state index contributed by atoms with van der Waals surface area (Å²) in [5.41, 5.74) is 0.475. The van der Waals surface area contributed by atoms with E-state index >= 15 is 0 Å². The molecule has 0 amide bonds. The number of nitrogens with zero attached hydrogens (tertiary/aromatic N) is 1. The van der Waals surface area contributed by atoms with Gasteiger partial charge in [0.1, 0.15) is 0 Å². The van der Waals surface area contributed by atoms with Crippen LogP contribution in [0, 0.1) is 5.41 Å². The Kier molecular flexibility index (Phi) is 4.49. The van der Waals surface area contributed by atoms with Gasteiger partial charge in [-0.2, -0.15) is 0 Å². The Morgan fingerprint density at radius 2 is 2.00 bits per heavy atom. The van der Waals surface area contributed by atoms with Crippen LogP contribution >= 0.6 is 11.8 Å². The molecule has 0 saturated heterocycles. The number of rotatable bonds is 4. The molecule has 14 heavy (non-hydrogen) atoms. The van der Waals surface area contributed by atoms with Gasteiger partial charge in [0.05, 0.1) is 11.1 Å². The molecule has 0 aromatic heterocycles. The Morgan fingerprint density at radius 1 is 1.36 bits per heavy atom. The highest BCUT2D eigenvalue weighted by atomic mass is 32.2. The average Bonchev–Trinajstić information content (AvgIpc) is 2.84. The van der Waals surface area contributed by atoms with Crippen molar-refractivity contribution < 1.29 is 0 Å². The van der Waals surface area contributed by atoms with Crippen molar-refractivity contribution in [2.24, 2.45) is 10.4 Å². The molecule has 0 aromatic carbocycles. The van der Waals surface area contributed by atoms with Gasteiger partial charge in [-0.3, -0.25) is 4.99 Å². The minimum Gasteiger partial charge on any atom is -0.280 e. The summed E-state index contributed by atoms with van der Waals surface area (Å²) < 4.78 is 0. The van der Waals surface area contributed by atoms with Crippen molar-refractivity contribution >= 4 is 16.8 Å². The van der Waals surface area contributed by atoms with E-state index < -0.39 is 0 Å². The molecular weight excluding hydrogens is 190 g/mol. The quantitative estimate of drug-likeness (QED) is 0.505. The molecule has 0 unspecified atom stereocenters. The zero-order valence-corrected chi connectivity index (χ0v) is 10.8. The van der Waals surface area contributed by atoms with E-state index in [0.717, 1.165) is 0 Å². The Hall–Kier alpha value is 0.0200. The normalized spacial score (nSPS) is 18.7. The van der Waals surface area contributed by atoms with Crippen LogP contribution in [0.25, 0.3) is 0 Å². The first-order valence-electron chi connectivity index (χ1n) is 5.62. The van der Waals surface area contributed by atoms with E-state index in [0.29, 0.717) is 11.5 Å². The number of hydrogen-bond donors (Lipinski definition) is 0. The van der Waals surface area contributed by atoms with Crippen molar-refractivity contribution in [1.29, 1.82) is 0 Å². The largest absolute Gasteiger partial charge is 0.280 e. The molecule has 1 aliphatic rings. The van der Waals surface area contributed by atoms with Gasteiger partial charge in [0.25, 0.3) is 0 Å². The SMILES string of the molecule is CSC(CCCC(C)(C)C)=NC1CC1. The molecular formula is C12H23NS. The van der Waals surface area contributed by atoms with Crippen LogP contribution in [0.1, 0.15) is 52.9 Å². The first kappa shape index (κ1) is 12.1. The first-order chi connectivity index (χ1) is 6.51. The molecule has 0 radical (unpaired) electrons.